The molecule has 1 aliphatic rings. The van der Waals surface area contributed by atoms with Crippen LogP contribution in [0.15, 0.2) is 12.4 Å². The Morgan fingerprint density at radius 3 is 2.83 bits per heavy atom. The zero-order valence-corrected chi connectivity index (χ0v) is 11.2. The highest BCUT2D eigenvalue weighted by atomic mass is 16.4. The Morgan fingerprint density at radius 2 is 2.33 bits per heavy atom. The van der Waals surface area contributed by atoms with Crippen LogP contribution in [0.2, 0.25) is 0 Å². The number of nitrogens with zero attached hydrogens (tertiary/aromatic N) is 3. The molecule has 1 aromatic rings. The molecule has 18 heavy (non-hydrogen) atoms. The number of likely N-dealkylation sites (tertiary alicyclic amines) is 1. The molecule has 2 heterocycles. The van der Waals surface area contributed by atoms with Gasteiger partial charge in [0.1, 0.15) is 0 Å². The molecule has 0 spiro atoms. The molecule has 1 aliphatic heterocycles. The minimum atomic E-state index is -0.679. The summed E-state index contributed by atoms with van der Waals surface area (Å²) in [5.74, 6) is -0.707. The second-order valence-electron chi connectivity index (χ2n) is 5.18. The van der Waals surface area contributed by atoms with E-state index in [9.17, 15) is 4.79 Å². The topological polar surface area (TPSA) is 58.4 Å². The zero-order chi connectivity index (χ0) is 13.3. The van der Waals surface area contributed by atoms with Crippen molar-refractivity contribution >= 4 is 5.97 Å². The second-order valence-corrected chi connectivity index (χ2v) is 5.18. The van der Waals surface area contributed by atoms with Gasteiger partial charge in [-0.25, -0.2) is 0 Å². The van der Waals surface area contributed by atoms with E-state index in [-0.39, 0.29) is 17.9 Å². The fourth-order valence-corrected chi connectivity index (χ4v) is 2.62. The van der Waals surface area contributed by atoms with Crippen molar-refractivity contribution in [2.75, 3.05) is 13.1 Å². The summed E-state index contributed by atoms with van der Waals surface area (Å²) in [4.78, 5) is 13.4. The quantitative estimate of drug-likeness (QED) is 0.883. The number of aryl methyl sites for hydroxylation is 1. The third-order valence-corrected chi connectivity index (χ3v) is 3.97. The van der Waals surface area contributed by atoms with Crippen molar-refractivity contribution in [1.82, 2.24) is 14.7 Å². The fourth-order valence-electron chi connectivity index (χ4n) is 2.62. The van der Waals surface area contributed by atoms with Crippen LogP contribution in [0.4, 0.5) is 0 Å². The van der Waals surface area contributed by atoms with Crippen molar-refractivity contribution in [2.24, 2.45) is 11.8 Å². The Balaban J connectivity index is 2.06. The van der Waals surface area contributed by atoms with Crippen LogP contribution in [0.1, 0.15) is 32.4 Å². The molecule has 0 aromatic carbocycles. The molecule has 1 aromatic heterocycles. The summed E-state index contributed by atoms with van der Waals surface area (Å²) < 4.78 is 1.90. The average molecular weight is 251 g/mol. The molecule has 0 aliphatic carbocycles. The predicted octanol–water partition coefficient (Wildman–Crippen LogP) is 1.62. The molecule has 0 saturated carbocycles. The lowest BCUT2D eigenvalue weighted by Crippen LogP contribution is -2.26. The van der Waals surface area contributed by atoms with Crippen molar-refractivity contribution in [3.8, 4) is 0 Å². The lowest BCUT2D eigenvalue weighted by atomic mass is 9.99. The van der Waals surface area contributed by atoms with Crippen LogP contribution < -0.4 is 0 Å². The van der Waals surface area contributed by atoms with Gasteiger partial charge in [0.25, 0.3) is 0 Å². The Bertz CT molecular complexity index is 430. The van der Waals surface area contributed by atoms with Crippen molar-refractivity contribution in [3.05, 3.63) is 18.0 Å². The minimum absolute atomic E-state index is 0.214. The van der Waals surface area contributed by atoms with E-state index in [0.29, 0.717) is 6.54 Å². The van der Waals surface area contributed by atoms with E-state index < -0.39 is 5.97 Å². The first-order chi connectivity index (χ1) is 8.52. The van der Waals surface area contributed by atoms with Gasteiger partial charge in [0.15, 0.2) is 0 Å². The molecule has 0 radical (unpaired) electrons. The summed E-state index contributed by atoms with van der Waals surface area (Å²) in [7, 11) is 0. The predicted molar refractivity (Wildman–Crippen MR) is 68.2 cm³/mol. The van der Waals surface area contributed by atoms with Gasteiger partial charge in [-0.15, -0.1) is 0 Å². The SMILES string of the molecule is CCn1cc(C(C)N2CC(C)C(C(=O)O)C2)cn1. The van der Waals surface area contributed by atoms with Gasteiger partial charge >= 0.3 is 5.97 Å². The molecule has 3 atom stereocenters. The first kappa shape index (κ1) is 13.1. The Morgan fingerprint density at radius 1 is 1.61 bits per heavy atom. The molecule has 1 saturated heterocycles. The van der Waals surface area contributed by atoms with Crippen molar-refractivity contribution < 1.29 is 9.90 Å². The highest BCUT2D eigenvalue weighted by Gasteiger charge is 2.37. The summed E-state index contributed by atoms with van der Waals surface area (Å²) in [5.41, 5.74) is 1.16. The monoisotopic (exact) mass is 251 g/mol. The first-order valence-corrected chi connectivity index (χ1v) is 6.52. The number of carboxylic acid groups (broad SMARTS) is 1. The highest BCUT2D eigenvalue weighted by molar-refractivity contribution is 5.71. The summed E-state index contributed by atoms with van der Waals surface area (Å²) in [6.07, 6.45) is 3.93. The maximum absolute atomic E-state index is 11.1. The molecule has 2 rings (SSSR count). The summed E-state index contributed by atoms with van der Waals surface area (Å²) in [6.45, 7) is 8.53. The van der Waals surface area contributed by atoms with Gasteiger partial charge in [0, 0.05) is 37.4 Å². The van der Waals surface area contributed by atoms with Crippen LogP contribution in [0.25, 0.3) is 0 Å². The van der Waals surface area contributed by atoms with Crippen LogP contribution in [0, 0.1) is 11.8 Å². The second kappa shape index (κ2) is 5.10. The highest BCUT2D eigenvalue weighted by Crippen LogP contribution is 2.30. The van der Waals surface area contributed by atoms with Crippen LogP contribution in [0.3, 0.4) is 0 Å². The molecule has 5 nitrogen and oxygen atoms in total. The van der Waals surface area contributed by atoms with E-state index in [0.717, 1.165) is 18.7 Å². The summed E-state index contributed by atoms with van der Waals surface area (Å²) in [5, 5.41) is 13.4. The molecule has 100 valence electrons. The van der Waals surface area contributed by atoms with Gasteiger partial charge in [0.05, 0.1) is 12.1 Å². The van der Waals surface area contributed by atoms with Gasteiger partial charge in [-0.05, 0) is 19.8 Å². The van der Waals surface area contributed by atoms with Gasteiger partial charge in [-0.3, -0.25) is 14.4 Å². The number of rotatable bonds is 4. The standard InChI is InChI=1S/C13H21N3O2/c1-4-16-7-11(5-14-16)10(3)15-6-9(2)12(8-15)13(17)18/h5,7,9-10,12H,4,6,8H2,1-3H3,(H,17,18). The van der Waals surface area contributed by atoms with Gasteiger partial charge in [-0.1, -0.05) is 6.92 Å². The molecular formula is C13H21N3O2. The molecule has 0 amide bonds. The van der Waals surface area contributed by atoms with E-state index in [2.05, 4.69) is 23.8 Å². The fraction of sp³-hybridized carbons (Fsp3) is 0.692. The zero-order valence-electron chi connectivity index (χ0n) is 11.2. The molecule has 1 N–H and O–H groups in total. The minimum Gasteiger partial charge on any atom is -0.481 e. The first-order valence-electron chi connectivity index (χ1n) is 6.52. The van der Waals surface area contributed by atoms with Crippen LogP contribution in [-0.2, 0) is 11.3 Å². The van der Waals surface area contributed by atoms with Gasteiger partial charge < -0.3 is 5.11 Å². The summed E-state index contributed by atoms with van der Waals surface area (Å²) in [6, 6.07) is 0.233. The lowest BCUT2D eigenvalue weighted by molar-refractivity contribution is -0.142. The third-order valence-electron chi connectivity index (χ3n) is 3.97. The number of hydrogen-bond donors (Lipinski definition) is 1. The van der Waals surface area contributed by atoms with Crippen LogP contribution in [0.5, 0.6) is 0 Å². The van der Waals surface area contributed by atoms with E-state index >= 15 is 0 Å². The molecule has 1 fully saturated rings. The lowest BCUT2D eigenvalue weighted by Gasteiger charge is -2.23. The Kier molecular flexibility index (Phi) is 3.71. The number of aromatic nitrogens is 2. The van der Waals surface area contributed by atoms with Crippen molar-refractivity contribution in [1.29, 1.82) is 0 Å². The van der Waals surface area contributed by atoms with E-state index in [4.69, 9.17) is 5.11 Å². The Hall–Kier alpha value is -1.36. The number of hydrogen-bond acceptors (Lipinski definition) is 3. The average Bonchev–Trinajstić information content (AvgIpc) is 2.94. The molecule has 3 unspecified atom stereocenters. The van der Waals surface area contributed by atoms with Gasteiger partial charge in [-0.2, -0.15) is 5.10 Å². The van der Waals surface area contributed by atoms with Crippen LogP contribution >= 0.6 is 0 Å². The van der Waals surface area contributed by atoms with Crippen LogP contribution in [-0.4, -0.2) is 38.8 Å². The molecule has 5 heteroatoms. The number of aliphatic carboxylic acids is 1. The molecule has 0 bridgehead atoms. The van der Waals surface area contributed by atoms with Crippen molar-refractivity contribution in [2.45, 2.75) is 33.4 Å². The Labute approximate surface area is 107 Å². The van der Waals surface area contributed by atoms with Gasteiger partial charge in [0.2, 0.25) is 0 Å². The van der Waals surface area contributed by atoms with Crippen molar-refractivity contribution in [3.63, 3.8) is 0 Å². The number of carboxylic acids is 1. The smallest absolute Gasteiger partial charge is 0.308 e. The number of carbonyl (C=O) groups is 1. The third kappa shape index (κ3) is 2.41. The van der Waals surface area contributed by atoms with E-state index in [1.54, 1.807) is 0 Å². The maximum atomic E-state index is 11.1. The van der Waals surface area contributed by atoms with E-state index in [1.807, 2.05) is 24.0 Å². The summed E-state index contributed by atoms with van der Waals surface area (Å²) >= 11 is 0. The molecular weight excluding hydrogens is 230 g/mol. The normalized spacial score (nSPS) is 26.4. The van der Waals surface area contributed by atoms with E-state index in [1.165, 1.54) is 0 Å². The largest absolute Gasteiger partial charge is 0.481 e. The maximum Gasteiger partial charge on any atom is 0.308 e.